The molecular weight excluding hydrogens is 282 g/mol. The van der Waals surface area contributed by atoms with Crippen LogP contribution in [0.2, 0.25) is 0 Å². The average molecular weight is 310 g/mol. The number of hydrogen-bond donors (Lipinski definition) is 0. The number of ketones is 1. The summed E-state index contributed by atoms with van der Waals surface area (Å²) < 4.78 is 2.38. The fourth-order valence-corrected chi connectivity index (χ4v) is 4.02. The first-order chi connectivity index (χ1) is 9.95. The van der Waals surface area contributed by atoms with Crippen LogP contribution >= 0.6 is 11.6 Å². The van der Waals surface area contributed by atoms with Gasteiger partial charge in [0, 0.05) is 23.0 Å². The van der Waals surface area contributed by atoms with Gasteiger partial charge in [-0.2, -0.15) is 0 Å². The van der Waals surface area contributed by atoms with Gasteiger partial charge in [0.15, 0.2) is 5.78 Å². The first kappa shape index (κ1) is 16.6. The fraction of sp³-hybridized carbons (Fsp3) is 0.722. The number of aromatic nitrogens is 1. The van der Waals surface area contributed by atoms with Crippen molar-refractivity contribution >= 4 is 17.4 Å². The van der Waals surface area contributed by atoms with E-state index in [1.54, 1.807) is 6.92 Å². The molecule has 21 heavy (non-hydrogen) atoms. The highest BCUT2D eigenvalue weighted by molar-refractivity contribution is 6.33. The molecule has 118 valence electrons. The van der Waals surface area contributed by atoms with Gasteiger partial charge in [0.25, 0.3) is 0 Å². The van der Waals surface area contributed by atoms with E-state index in [-0.39, 0.29) is 5.78 Å². The first-order valence-corrected chi connectivity index (χ1v) is 8.76. The minimum Gasteiger partial charge on any atom is -0.345 e. The summed E-state index contributed by atoms with van der Waals surface area (Å²) in [7, 11) is 0. The van der Waals surface area contributed by atoms with Gasteiger partial charge in [-0.3, -0.25) is 4.79 Å². The van der Waals surface area contributed by atoms with Gasteiger partial charge in [0.05, 0.1) is 5.38 Å². The molecule has 1 aromatic rings. The zero-order valence-electron chi connectivity index (χ0n) is 13.8. The molecule has 0 spiro atoms. The summed E-state index contributed by atoms with van der Waals surface area (Å²) in [5.41, 5.74) is 3.11. The third-order valence-corrected chi connectivity index (χ3v) is 5.19. The van der Waals surface area contributed by atoms with Crippen molar-refractivity contribution < 1.29 is 4.79 Å². The van der Waals surface area contributed by atoms with E-state index < -0.39 is 5.38 Å². The molecule has 0 aliphatic heterocycles. The monoisotopic (exact) mass is 309 g/mol. The number of Topliss-reactive ketones (excluding diaryl/α,β-unsaturated/α-hetero) is 1. The topological polar surface area (TPSA) is 22.0 Å². The molecule has 0 bridgehead atoms. The molecule has 1 aromatic heterocycles. The number of alkyl halides is 1. The van der Waals surface area contributed by atoms with Crippen LogP contribution in [0, 0.1) is 19.8 Å². The van der Waals surface area contributed by atoms with Crippen LogP contribution in [0.15, 0.2) is 6.07 Å². The highest BCUT2D eigenvalue weighted by Crippen LogP contribution is 2.36. The maximum atomic E-state index is 12.2. The van der Waals surface area contributed by atoms with E-state index in [9.17, 15) is 4.79 Å². The fourth-order valence-electron chi connectivity index (χ4n) is 3.90. The van der Waals surface area contributed by atoms with E-state index in [0.29, 0.717) is 6.04 Å². The molecule has 1 heterocycles. The minimum absolute atomic E-state index is 0.0516. The van der Waals surface area contributed by atoms with Crippen LogP contribution < -0.4 is 0 Å². The number of halogens is 1. The second-order valence-electron chi connectivity index (χ2n) is 6.60. The van der Waals surface area contributed by atoms with Gasteiger partial charge >= 0.3 is 0 Å². The van der Waals surface area contributed by atoms with Crippen molar-refractivity contribution in [3.8, 4) is 0 Å². The number of hydrogen-bond acceptors (Lipinski definition) is 1. The van der Waals surface area contributed by atoms with Crippen molar-refractivity contribution in [2.24, 2.45) is 5.92 Å². The number of aryl methyl sites for hydroxylation is 1. The number of carbonyl (C=O) groups is 1. The highest BCUT2D eigenvalue weighted by atomic mass is 35.5. The minimum atomic E-state index is -0.445. The van der Waals surface area contributed by atoms with Gasteiger partial charge < -0.3 is 4.57 Å². The summed E-state index contributed by atoms with van der Waals surface area (Å²) in [6.45, 7) is 8.21. The van der Waals surface area contributed by atoms with Crippen molar-refractivity contribution in [1.29, 1.82) is 0 Å². The van der Waals surface area contributed by atoms with Crippen LogP contribution in [0.25, 0.3) is 0 Å². The molecule has 0 radical (unpaired) electrons. The Hall–Kier alpha value is -0.760. The predicted octanol–water partition coefficient (Wildman–Crippen LogP) is 5.45. The molecule has 1 aliphatic carbocycles. The molecule has 1 atom stereocenters. The lowest BCUT2D eigenvalue weighted by Crippen LogP contribution is -2.20. The summed E-state index contributed by atoms with van der Waals surface area (Å²) in [4.78, 5) is 12.2. The zero-order valence-corrected chi connectivity index (χ0v) is 14.5. The number of rotatable bonds is 5. The zero-order chi connectivity index (χ0) is 15.6. The SMILES string of the molecule is CCCC1CCC(n2c(C)cc(C(=O)C(C)Cl)c2C)CC1. The van der Waals surface area contributed by atoms with Crippen LogP contribution in [0.4, 0.5) is 0 Å². The van der Waals surface area contributed by atoms with Crippen molar-refractivity contribution in [1.82, 2.24) is 4.57 Å². The molecular formula is C18H28ClNO. The lowest BCUT2D eigenvalue weighted by molar-refractivity contribution is 0.0991. The molecule has 2 nitrogen and oxygen atoms in total. The smallest absolute Gasteiger partial charge is 0.182 e. The third-order valence-electron chi connectivity index (χ3n) is 4.99. The van der Waals surface area contributed by atoms with Gasteiger partial charge in [-0.05, 0) is 58.4 Å². The van der Waals surface area contributed by atoms with Crippen molar-refractivity contribution in [3.63, 3.8) is 0 Å². The Morgan fingerprint density at radius 2 is 1.95 bits per heavy atom. The van der Waals surface area contributed by atoms with E-state index in [1.165, 1.54) is 44.2 Å². The Bertz CT molecular complexity index is 496. The van der Waals surface area contributed by atoms with Crippen molar-refractivity contribution in [2.45, 2.75) is 77.6 Å². The summed E-state index contributed by atoms with van der Waals surface area (Å²) in [5, 5.41) is -0.445. The maximum Gasteiger partial charge on any atom is 0.182 e. The van der Waals surface area contributed by atoms with E-state index in [0.717, 1.165) is 17.2 Å². The number of carbonyl (C=O) groups excluding carboxylic acids is 1. The molecule has 0 saturated heterocycles. The Balaban J connectivity index is 2.16. The standard InChI is InChI=1S/C18H28ClNO/c1-5-6-15-7-9-16(10-8-15)20-12(2)11-17(14(20)4)18(21)13(3)19/h11,13,15-16H,5-10H2,1-4H3. The second-order valence-corrected chi connectivity index (χ2v) is 7.25. The summed E-state index contributed by atoms with van der Waals surface area (Å²) in [5.74, 6) is 0.960. The average Bonchev–Trinajstić information content (AvgIpc) is 2.74. The van der Waals surface area contributed by atoms with Crippen LogP contribution in [0.1, 0.15) is 80.2 Å². The molecule has 1 fully saturated rings. The Labute approximate surface area is 133 Å². The lowest BCUT2D eigenvalue weighted by atomic mass is 9.83. The van der Waals surface area contributed by atoms with E-state index in [4.69, 9.17) is 11.6 Å². The Kier molecular flexibility index (Phi) is 5.54. The first-order valence-electron chi connectivity index (χ1n) is 8.32. The van der Waals surface area contributed by atoms with Gasteiger partial charge in [-0.25, -0.2) is 0 Å². The molecule has 1 unspecified atom stereocenters. The largest absolute Gasteiger partial charge is 0.345 e. The van der Waals surface area contributed by atoms with Gasteiger partial charge in [0.1, 0.15) is 0 Å². The summed E-state index contributed by atoms with van der Waals surface area (Å²) in [6.07, 6.45) is 7.79. The lowest BCUT2D eigenvalue weighted by Gasteiger charge is -2.31. The van der Waals surface area contributed by atoms with E-state index in [1.807, 2.05) is 6.07 Å². The van der Waals surface area contributed by atoms with Crippen molar-refractivity contribution in [3.05, 3.63) is 23.0 Å². The van der Waals surface area contributed by atoms with E-state index in [2.05, 4.69) is 25.3 Å². The quantitative estimate of drug-likeness (QED) is 0.524. The molecule has 3 heteroatoms. The third kappa shape index (κ3) is 3.53. The normalized spacial score (nSPS) is 24.0. The van der Waals surface area contributed by atoms with Crippen LogP contribution in [-0.4, -0.2) is 15.7 Å². The Morgan fingerprint density at radius 1 is 1.33 bits per heavy atom. The molecule has 2 rings (SSSR count). The molecule has 0 amide bonds. The molecule has 1 aliphatic rings. The van der Waals surface area contributed by atoms with Crippen LogP contribution in [-0.2, 0) is 0 Å². The van der Waals surface area contributed by atoms with Gasteiger partial charge in [-0.1, -0.05) is 19.8 Å². The second kappa shape index (κ2) is 7.00. The van der Waals surface area contributed by atoms with Gasteiger partial charge in [0.2, 0.25) is 0 Å². The summed E-state index contributed by atoms with van der Waals surface area (Å²) in [6, 6.07) is 2.58. The van der Waals surface area contributed by atoms with Crippen LogP contribution in [0.3, 0.4) is 0 Å². The summed E-state index contributed by atoms with van der Waals surface area (Å²) >= 11 is 5.98. The highest BCUT2D eigenvalue weighted by Gasteiger charge is 2.26. The predicted molar refractivity (Wildman–Crippen MR) is 89.5 cm³/mol. The number of nitrogens with zero attached hydrogens (tertiary/aromatic N) is 1. The molecule has 0 N–H and O–H groups in total. The van der Waals surface area contributed by atoms with Gasteiger partial charge in [-0.15, -0.1) is 11.6 Å². The molecule has 1 saturated carbocycles. The van der Waals surface area contributed by atoms with Crippen molar-refractivity contribution in [2.75, 3.05) is 0 Å². The van der Waals surface area contributed by atoms with E-state index >= 15 is 0 Å². The molecule has 0 aromatic carbocycles. The maximum absolute atomic E-state index is 12.2. The van der Waals surface area contributed by atoms with Crippen LogP contribution in [0.5, 0.6) is 0 Å². The Morgan fingerprint density at radius 3 is 2.48 bits per heavy atom.